The fraction of sp³-hybridized carbons (Fsp3) is 0.0189. The van der Waals surface area contributed by atoms with Gasteiger partial charge in [0.05, 0.1) is 22.4 Å². The molecule has 0 saturated carbocycles. The predicted molar refractivity (Wildman–Crippen MR) is 238 cm³/mol. The average Bonchev–Trinajstić information content (AvgIpc) is 3.75. The van der Waals surface area contributed by atoms with Crippen LogP contribution in [0, 0.1) is 0 Å². The van der Waals surface area contributed by atoms with Gasteiger partial charge in [-0.05, 0) is 74.8 Å². The zero-order valence-corrected chi connectivity index (χ0v) is 32.0. The molecule has 1 atom stereocenters. The van der Waals surface area contributed by atoms with E-state index in [-0.39, 0.29) is 0 Å². The maximum absolute atomic E-state index is 5.28. The summed E-state index contributed by atoms with van der Waals surface area (Å²) in [6, 6.07) is 61.0. The summed E-state index contributed by atoms with van der Waals surface area (Å²) in [5.41, 5.74) is 14.9. The second-order valence-corrected chi connectivity index (χ2v) is 16.1. The minimum atomic E-state index is -0.589. The smallest absolute Gasteiger partial charge is 0.163 e. The molecule has 270 valence electrons. The van der Waals surface area contributed by atoms with Crippen molar-refractivity contribution < 1.29 is 0 Å². The lowest BCUT2D eigenvalue weighted by Gasteiger charge is -2.35. The lowest BCUT2D eigenvalue weighted by molar-refractivity contribution is 0.767. The van der Waals surface area contributed by atoms with Gasteiger partial charge < -0.3 is 0 Å². The minimum absolute atomic E-state index is 0.578. The van der Waals surface area contributed by atoms with Crippen molar-refractivity contribution in [1.82, 2.24) is 19.9 Å². The summed E-state index contributed by atoms with van der Waals surface area (Å²) in [5.74, 6) is 1.24. The van der Waals surface area contributed by atoms with Gasteiger partial charge in [0.25, 0.3) is 0 Å². The summed E-state index contributed by atoms with van der Waals surface area (Å²) in [5, 5.41) is 2.60. The summed E-state index contributed by atoms with van der Waals surface area (Å²) in [4.78, 5) is 19.9. The number of thiophene rings is 1. The molecule has 1 spiro atoms. The molecule has 58 heavy (non-hydrogen) atoms. The molecule has 12 rings (SSSR count). The summed E-state index contributed by atoms with van der Waals surface area (Å²) in [6.07, 6.45) is 8.24. The Morgan fingerprint density at radius 3 is 1.84 bits per heavy atom. The quantitative estimate of drug-likeness (QED) is 0.179. The first-order valence-corrected chi connectivity index (χ1v) is 20.3. The number of rotatable bonds is 4. The molecule has 0 amide bonds. The van der Waals surface area contributed by atoms with Crippen LogP contribution in [0.3, 0.4) is 0 Å². The van der Waals surface area contributed by atoms with Crippen LogP contribution in [0.25, 0.3) is 88.7 Å². The van der Waals surface area contributed by atoms with Gasteiger partial charge in [-0.15, -0.1) is 11.3 Å². The number of benzene rings is 7. The van der Waals surface area contributed by atoms with Gasteiger partial charge in [0.15, 0.2) is 11.6 Å². The summed E-state index contributed by atoms with van der Waals surface area (Å²) < 4.78 is 2.62. The van der Waals surface area contributed by atoms with E-state index in [1.54, 1.807) is 0 Å². The van der Waals surface area contributed by atoms with Crippen LogP contribution in [0.4, 0.5) is 0 Å². The SMILES string of the molecule is C1=Cc2ccc(-c3cc(-c4ccccc4)nc(-c4cnc(-c5ccccc5)nc4)n3)cc2C2(c3ccccc31)c1ccccc1-c1cc3sc4ccccc4c3cc12. The molecule has 3 aromatic heterocycles. The molecule has 3 heterocycles. The Kier molecular flexibility index (Phi) is 7.28. The van der Waals surface area contributed by atoms with Crippen LogP contribution in [0.5, 0.6) is 0 Å². The Morgan fingerprint density at radius 1 is 0.379 bits per heavy atom. The Balaban J connectivity index is 1.11. The molecule has 0 saturated heterocycles. The molecule has 4 nitrogen and oxygen atoms in total. The maximum Gasteiger partial charge on any atom is 0.163 e. The van der Waals surface area contributed by atoms with Crippen molar-refractivity contribution >= 4 is 43.7 Å². The van der Waals surface area contributed by atoms with E-state index in [9.17, 15) is 0 Å². The van der Waals surface area contributed by atoms with Crippen molar-refractivity contribution in [1.29, 1.82) is 0 Å². The van der Waals surface area contributed by atoms with E-state index < -0.39 is 5.41 Å². The van der Waals surface area contributed by atoms with Crippen LogP contribution in [0.2, 0.25) is 0 Å². The van der Waals surface area contributed by atoms with Gasteiger partial charge in [-0.1, -0.05) is 152 Å². The highest BCUT2D eigenvalue weighted by atomic mass is 32.1. The fourth-order valence-corrected chi connectivity index (χ4v) is 10.4. The second kappa shape index (κ2) is 12.8. The van der Waals surface area contributed by atoms with Gasteiger partial charge in [-0.2, -0.15) is 0 Å². The van der Waals surface area contributed by atoms with Gasteiger partial charge in [-0.25, -0.2) is 19.9 Å². The van der Waals surface area contributed by atoms with E-state index >= 15 is 0 Å². The molecular formula is C53H32N4S. The normalized spacial score (nSPS) is 14.9. The average molecular weight is 757 g/mol. The number of hydrogen-bond donors (Lipinski definition) is 0. The van der Waals surface area contributed by atoms with Gasteiger partial charge in [0.1, 0.15) is 0 Å². The third-order valence-corrected chi connectivity index (χ3v) is 13.0. The minimum Gasteiger partial charge on any atom is -0.236 e. The van der Waals surface area contributed by atoms with Crippen LogP contribution in [-0.4, -0.2) is 19.9 Å². The highest BCUT2D eigenvalue weighted by molar-refractivity contribution is 7.25. The molecule has 0 N–H and O–H groups in total. The number of nitrogens with zero attached hydrogens (tertiary/aromatic N) is 4. The van der Waals surface area contributed by atoms with Crippen LogP contribution in [0.15, 0.2) is 182 Å². The Labute approximate surface area is 339 Å². The number of hydrogen-bond acceptors (Lipinski definition) is 5. The van der Waals surface area contributed by atoms with Gasteiger partial charge in [-0.3, -0.25) is 0 Å². The lowest BCUT2D eigenvalue weighted by atomic mass is 9.65. The van der Waals surface area contributed by atoms with Gasteiger partial charge in [0, 0.05) is 49.3 Å². The number of fused-ring (bicyclic) bond motifs is 12. The van der Waals surface area contributed by atoms with Crippen LogP contribution in [0.1, 0.15) is 33.4 Å². The summed E-state index contributed by atoms with van der Waals surface area (Å²) in [7, 11) is 0. The van der Waals surface area contributed by atoms with Crippen molar-refractivity contribution in [2.24, 2.45) is 0 Å². The van der Waals surface area contributed by atoms with Crippen LogP contribution < -0.4 is 0 Å². The molecule has 0 aliphatic heterocycles. The fourth-order valence-electron chi connectivity index (χ4n) is 9.23. The van der Waals surface area contributed by atoms with Crippen molar-refractivity contribution in [2.75, 3.05) is 0 Å². The van der Waals surface area contributed by atoms with Crippen molar-refractivity contribution in [3.05, 3.63) is 216 Å². The molecule has 0 bridgehead atoms. The summed E-state index contributed by atoms with van der Waals surface area (Å²) in [6.45, 7) is 0. The first-order chi connectivity index (χ1) is 28.7. The van der Waals surface area contributed by atoms with E-state index in [1.165, 1.54) is 64.7 Å². The molecule has 10 aromatic rings. The molecule has 7 aromatic carbocycles. The molecule has 2 aliphatic rings. The van der Waals surface area contributed by atoms with Gasteiger partial charge >= 0.3 is 0 Å². The molecule has 5 heteroatoms. The van der Waals surface area contributed by atoms with Crippen molar-refractivity contribution in [3.8, 4) is 56.4 Å². The molecular weight excluding hydrogens is 725 g/mol. The highest BCUT2D eigenvalue weighted by Gasteiger charge is 2.49. The third kappa shape index (κ3) is 4.93. The van der Waals surface area contributed by atoms with Crippen molar-refractivity contribution in [2.45, 2.75) is 5.41 Å². The third-order valence-electron chi connectivity index (χ3n) is 11.8. The predicted octanol–water partition coefficient (Wildman–Crippen LogP) is 13.1. The van der Waals surface area contributed by atoms with Crippen LogP contribution in [-0.2, 0) is 5.41 Å². The molecule has 0 fully saturated rings. The second-order valence-electron chi connectivity index (χ2n) is 15.0. The van der Waals surface area contributed by atoms with E-state index in [0.717, 1.165) is 33.6 Å². The van der Waals surface area contributed by atoms with Gasteiger partial charge in [0.2, 0.25) is 0 Å². The number of aromatic nitrogens is 4. The molecule has 2 aliphatic carbocycles. The standard InChI is InChI=1S/C53H32N4S/c1-3-14-35(15-4-1)47-30-48(57-52(56-47)38-31-54-51(55-32-38)36-16-5-2-6-17-36)37-26-25-34-24-23-33-13-7-10-20-43(33)53(45(34)27-37)44-21-11-8-18-39(44)41-29-50-42(28-46(41)53)40-19-9-12-22-49(40)58-50/h1-32H. The lowest BCUT2D eigenvalue weighted by Crippen LogP contribution is -2.30. The van der Waals surface area contributed by atoms with E-state index in [2.05, 4.69) is 133 Å². The highest BCUT2D eigenvalue weighted by Crippen LogP contribution is 2.60. The van der Waals surface area contributed by atoms with E-state index in [4.69, 9.17) is 19.9 Å². The molecule has 1 unspecified atom stereocenters. The first kappa shape index (κ1) is 32.9. The monoisotopic (exact) mass is 756 g/mol. The van der Waals surface area contributed by atoms with Crippen molar-refractivity contribution in [3.63, 3.8) is 0 Å². The zero-order chi connectivity index (χ0) is 38.2. The Bertz CT molecular complexity index is 3280. The van der Waals surface area contributed by atoms with E-state index in [0.29, 0.717) is 11.6 Å². The first-order valence-electron chi connectivity index (χ1n) is 19.5. The zero-order valence-electron chi connectivity index (χ0n) is 31.2. The Hall–Kier alpha value is -7.34. The molecule has 0 radical (unpaired) electrons. The topological polar surface area (TPSA) is 51.6 Å². The van der Waals surface area contributed by atoms with Crippen LogP contribution >= 0.6 is 11.3 Å². The Morgan fingerprint density at radius 2 is 1.03 bits per heavy atom. The summed E-state index contributed by atoms with van der Waals surface area (Å²) >= 11 is 1.88. The van der Waals surface area contributed by atoms with E-state index in [1.807, 2.05) is 72.3 Å². The maximum atomic E-state index is 5.28. The largest absolute Gasteiger partial charge is 0.236 e.